The van der Waals surface area contributed by atoms with E-state index in [-0.39, 0.29) is 22.9 Å². The molecule has 28 heavy (non-hydrogen) atoms. The van der Waals surface area contributed by atoms with Crippen molar-refractivity contribution in [3.05, 3.63) is 11.6 Å². The van der Waals surface area contributed by atoms with E-state index in [4.69, 9.17) is 4.74 Å². The molecule has 4 aliphatic carbocycles. The molecule has 0 amide bonds. The van der Waals surface area contributed by atoms with Crippen molar-refractivity contribution in [1.29, 1.82) is 0 Å². The predicted octanol–water partition coefficient (Wildman–Crippen LogP) is 5.74. The molecule has 4 rings (SSSR count). The largest absolute Gasteiger partial charge is 0.462 e. The van der Waals surface area contributed by atoms with Crippen molar-refractivity contribution in [1.82, 2.24) is 0 Å². The summed E-state index contributed by atoms with van der Waals surface area (Å²) in [4.78, 5) is 12.3. The Bertz CT molecular complexity index is 718. The maximum atomic E-state index is 12.3. The summed E-state index contributed by atoms with van der Waals surface area (Å²) < 4.78 is 5.88. The number of oxime groups is 1. The summed E-state index contributed by atoms with van der Waals surface area (Å²) in [6, 6.07) is 0. The zero-order valence-corrected chi connectivity index (χ0v) is 18.3. The third-order valence-corrected chi connectivity index (χ3v) is 8.81. The van der Waals surface area contributed by atoms with Crippen LogP contribution in [0.25, 0.3) is 0 Å². The lowest BCUT2D eigenvalue weighted by molar-refractivity contribution is -0.160. The average molecular weight is 388 g/mol. The van der Waals surface area contributed by atoms with Crippen LogP contribution in [0.4, 0.5) is 0 Å². The summed E-state index contributed by atoms with van der Waals surface area (Å²) in [5, 5.41) is 13.2. The number of carbonyl (C=O) groups is 1. The number of allylic oxidation sites excluding steroid dienone is 1. The number of rotatable bonds is 1. The van der Waals surface area contributed by atoms with Crippen LogP contribution in [0.3, 0.4) is 0 Å². The molecule has 0 spiro atoms. The van der Waals surface area contributed by atoms with Crippen LogP contribution in [0.2, 0.25) is 0 Å². The number of carbonyl (C=O) groups excluding carboxylic acids is 1. The van der Waals surface area contributed by atoms with Gasteiger partial charge in [0.25, 0.3) is 0 Å². The Labute approximate surface area is 169 Å². The zero-order valence-electron chi connectivity index (χ0n) is 18.3. The lowest BCUT2D eigenvalue weighted by Crippen LogP contribution is -2.50. The highest BCUT2D eigenvalue weighted by Gasteiger charge is 2.58. The second-order valence-electron chi connectivity index (χ2n) is 11.3. The average Bonchev–Trinajstić information content (AvgIpc) is 2.97. The Balaban J connectivity index is 1.53. The van der Waals surface area contributed by atoms with Crippen LogP contribution in [0.15, 0.2) is 16.8 Å². The Morgan fingerprint density at radius 2 is 1.82 bits per heavy atom. The quantitative estimate of drug-likeness (QED) is 0.270. The number of esters is 1. The summed E-state index contributed by atoms with van der Waals surface area (Å²) in [5.74, 6) is 1.97. The Hall–Kier alpha value is -1.32. The Morgan fingerprint density at radius 3 is 2.50 bits per heavy atom. The SMILES string of the molecule is CC(C)(C)C(=O)O[C@H]1CC[C@@]2(C)C(=CC[C@@H]3[C@@H]2CC[C@]2(C)/C(=N/O)CC[C@@H]32)C1. The standard InChI is InChI=1S/C24H37NO3/c1-22(2,3)21(26)28-16-10-12-23(4)15(14-16)6-7-17-18-8-9-20(25-27)24(18,5)13-11-19(17)23/h6,16-19,27H,7-14H2,1-5H3/b25-20+/t16-,17-,18-,19-,23-,24-/m0/s1. The highest BCUT2D eigenvalue weighted by atomic mass is 16.5. The first-order valence-electron chi connectivity index (χ1n) is 11.2. The fourth-order valence-electron chi connectivity index (χ4n) is 7.01. The van der Waals surface area contributed by atoms with Gasteiger partial charge >= 0.3 is 5.97 Å². The topological polar surface area (TPSA) is 58.9 Å². The van der Waals surface area contributed by atoms with Gasteiger partial charge in [-0.05, 0) is 88.9 Å². The van der Waals surface area contributed by atoms with Gasteiger partial charge in [-0.1, -0.05) is 30.7 Å². The maximum absolute atomic E-state index is 12.3. The molecule has 0 radical (unpaired) electrons. The van der Waals surface area contributed by atoms with Gasteiger partial charge in [-0.3, -0.25) is 4.79 Å². The molecule has 4 aliphatic rings. The minimum absolute atomic E-state index is 0.0380. The summed E-state index contributed by atoms with van der Waals surface area (Å²) in [7, 11) is 0. The highest BCUT2D eigenvalue weighted by molar-refractivity contribution is 5.92. The molecule has 3 fully saturated rings. The summed E-state index contributed by atoms with van der Waals surface area (Å²) in [6.45, 7) is 10.6. The lowest BCUT2D eigenvalue weighted by atomic mass is 9.48. The molecule has 1 N–H and O–H groups in total. The molecule has 3 saturated carbocycles. The summed E-state index contributed by atoms with van der Waals surface area (Å²) in [6.07, 6.45) is 11.1. The van der Waals surface area contributed by atoms with E-state index in [1.807, 2.05) is 20.8 Å². The third kappa shape index (κ3) is 2.93. The molecule has 156 valence electrons. The van der Waals surface area contributed by atoms with Gasteiger partial charge in [0.05, 0.1) is 11.1 Å². The van der Waals surface area contributed by atoms with Crippen molar-refractivity contribution in [2.45, 2.75) is 92.1 Å². The van der Waals surface area contributed by atoms with E-state index in [0.29, 0.717) is 17.8 Å². The van der Waals surface area contributed by atoms with Crippen LogP contribution in [0.1, 0.15) is 86.0 Å². The zero-order chi connectivity index (χ0) is 20.3. The second-order valence-corrected chi connectivity index (χ2v) is 11.3. The fourth-order valence-corrected chi connectivity index (χ4v) is 7.01. The Morgan fingerprint density at radius 1 is 1.14 bits per heavy atom. The predicted molar refractivity (Wildman–Crippen MR) is 110 cm³/mol. The van der Waals surface area contributed by atoms with Gasteiger partial charge < -0.3 is 9.94 Å². The van der Waals surface area contributed by atoms with Crippen molar-refractivity contribution < 1.29 is 14.7 Å². The molecule has 0 aromatic rings. The van der Waals surface area contributed by atoms with Crippen molar-refractivity contribution in [2.24, 2.45) is 39.2 Å². The monoisotopic (exact) mass is 387 g/mol. The molecule has 0 saturated heterocycles. The van der Waals surface area contributed by atoms with Gasteiger partial charge in [-0.2, -0.15) is 0 Å². The molecule has 0 heterocycles. The Kier molecular flexibility index (Phi) is 4.71. The number of hydrogen-bond acceptors (Lipinski definition) is 4. The van der Waals surface area contributed by atoms with Gasteiger partial charge in [0, 0.05) is 11.8 Å². The first-order chi connectivity index (χ1) is 13.1. The van der Waals surface area contributed by atoms with Crippen LogP contribution in [0.5, 0.6) is 0 Å². The minimum Gasteiger partial charge on any atom is -0.462 e. The first-order valence-corrected chi connectivity index (χ1v) is 11.2. The van der Waals surface area contributed by atoms with Crippen molar-refractivity contribution in [3.8, 4) is 0 Å². The van der Waals surface area contributed by atoms with E-state index >= 15 is 0 Å². The van der Waals surface area contributed by atoms with Gasteiger partial charge in [0.15, 0.2) is 0 Å². The molecule has 4 heteroatoms. The van der Waals surface area contributed by atoms with E-state index in [0.717, 1.165) is 44.2 Å². The van der Waals surface area contributed by atoms with Crippen LogP contribution < -0.4 is 0 Å². The van der Waals surface area contributed by atoms with E-state index in [1.54, 1.807) is 0 Å². The molecule has 0 aliphatic heterocycles. The van der Waals surface area contributed by atoms with Gasteiger partial charge in [-0.15, -0.1) is 0 Å². The minimum atomic E-state index is -0.435. The van der Waals surface area contributed by atoms with E-state index in [2.05, 4.69) is 25.1 Å². The van der Waals surface area contributed by atoms with E-state index in [1.165, 1.54) is 18.4 Å². The second kappa shape index (κ2) is 6.60. The molecule has 6 atom stereocenters. The number of ether oxygens (including phenoxy) is 1. The molecular formula is C24H37NO3. The van der Waals surface area contributed by atoms with E-state index in [9.17, 15) is 10.0 Å². The third-order valence-electron chi connectivity index (χ3n) is 8.81. The molecule has 0 unspecified atom stereocenters. The van der Waals surface area contributed by atoms with Crippen molar-refractivity contribution >= 4 is 11.7 Å². The van der Waals surface area contributed by atoms with E-state index < -0.39 is 5.41 Å². The lowest BCUT2D eigenvalue weighted by Gasteiger charge is -2.57. The van der Waals surface area contributed by atoms with Crippen molar-refractivity contribution in [3.63, 3.8) is 0 Å². The van der Waals surface area contributed by atoms with Crippen LogP contribution in [-0.4, -0.2) is 23.0 Å². The molecule has 4 nitrogen and oxygen atoms in total. The van der Waals surface area contributed by atoms with Gasteiger partial charge in [0.1, 0.15) is 6.10 Å². The number of fused-ring (bicyclic) bond motifs is 5. The summed E-state index contributed by atoms with van der Waals surface area (Å²) >= 11 is 0. The number of hydrogen-bond donors (Lipinski definition) is 1. The van der Waals surface area contributed by atoms with Crippen LogP contribution in [-0.2, 0) is 9.53 Å². The van der Waals surface area contributed by atoms with Gasteiger partial charge in [0.2, 0.25) is 0 Å². The molecule has 0 aromatic carbocycles. The van der Waals surface area contributed by atoms with Gasteiger partial charge in [-0.25, -0.2) is 0 Å². The highest BCUT2D eigenvalue weighted by Crippen LogP contribution is 2.64. The van der Waals surface area contributed by atoms with Crippen LogP contribution >= 0.6 is 0 Å². The smallest absolute Gasteiger partial charge is 0.311 e. The first kappa shape index (κ1) is 20.0. The summed E-state index contributed by atoms with van der Waals surface area (Å²) in [5.41, 5.74) is 2.47. The van der Waals surface area contributed by atoms with Crippen molar-refractivity contribution in [2.75, 3.05) is 0 Å². The van der Waals surface area contributed by atoms with Crippen LogP contribution in [0, 0.1) is 34.0 Å². The maximum Gasteiger partial charge on any atom is 0.311 e. The number of nitrogens with zero attached hydrogens (tertiary/aromatic N) is 1. The molecule has 0 bridgehead atoms. The normalized spacial score (nSPS) is 44.3. The molecular weight excluding hydrogens is 350 g/mol. The molecule has 0 aromatic heterocycles. The fraction of sp³-hybridized carbons (Fsp3) is 0.833.